The van der Waals surface area contributed by atoms with Gasteiger partial charge in [0.2, 0.25) is 0 Å². The van der Waals surface area contributed by atoms with E-state index in [0.717, 1.165) is 24.2 Å². The molecule has 1 atom stereocenters. The third kappa shape index (κ3) is 4.51. The first-order chi connectivity index (χ1) is 10.9. The number of aryl methyl sites for hydroxylation is 2. The molecule has 25 heavy (non-hydrogen) atoms. The number of nitrogens with two attached hydrogens (primary N) is 1. The van der Waals surface area contributed by atoms with Crippen LogP contribution in [-0.4, -0.2) is 32.8 Å². The van der Waals surface area contributed by atoms with E-state index >= 15 is 0 Å². The number of hydrogen-bond donors (Lipinski definition) is 2. The summed E-state index contributed by atoms with van der Waals surface area (Å²) in [6, 6.07) is 5.58. The predicted molar refractivity (Wildman–Crippen MR) is 103 cm³/mol. The molecule has 1 unspecified atom stereocenters. The van der Waals surface area contributed by atoms with Crippen molar-refractivity contribution in [1.29, 1.82) is 0 Å². The summed E-state index contributed by atoms with van der Waals surface area (Å²) in [5.74, 6) is 1.06. The highest BCUT2D eigenvalue weighted by atomic mass is 35.5. The number of aromatic nitrogens is 3. The maximum absolute atomic E-state index is 12.4. The number of nitrogens with zero attached hydrogens (tertiary/aromatic N) is 3. The molecule has 1 saturated carbocycles. The van der Waals surface area contributed by atoms with Crippen molar-refractivity contribution < 1.29 is 4.79 Å². The molecule has 1 amide bonds. The van der Waals surface area contributed by atoms with Gasteiger partial charge in [0, 0.05) is 18.4 Å². The second-order valence-corrected chi connectivity index (χ2v) is 6.59. The highest BCUT2D eigenvalue weighted by Gasteiger charge is 2.41. The molecular weight excluding hydrogens is 361 g/mol. The first-order valence-corrected chi connectivity index (χ1v) is 7.95. The Morgan fingerprint density at radius 2 is 2.04 bits per heavy atom. The fourth-order valence-electron chi connectivity index (χ4n) is 2.88. The molecule has 0 aliphatic heterocycles. The second kappa shape index (κ2) is 8.17. The number of nitrogens with one attached hydrogen (secondary N) is 1. The molecule has 0 bridgehead atoms. The van der Waals surface area contributed by atoms with E-state index in [4.69, 9.17) is 5.73 Å². The number of amides is 1. The maximum atomic E-state index is 12.4. The molecule has 2 aromatic rings. The van der Waals surface area contributed by atoms with Gasteiger partial charge in [0.15, 0.2) is 5.82 Å². The van der Waals surface area contributed by atoms with Crippen LogP contribution in [-0.2, 0) is 0 Å². The fraction of sp³-hybridized carbons (Fsp3) is 0.471. The van der Waals surface area contributed by atoms with Gasteiger partial charge < -0.3 is 11.1 Å². The van der Waals surface area contributed by atoms with Gasteiger partial charge in [0.1, 0.15) is 0 Å². The van der Waals surface area contributed by atoms with Gasteiger partial charge in [-0.1, -0.05) is 0 Å². The first-order valence-electron chi connectivity index (χ1n) is 7.95. The van der Waals surface area contributed by atoms with Crippen LogP contribution >= 0.6 is 24.8 Å². The molecule has 1 aliphatic carbocycles. The SMILES string of the molecule is Cc1cc(C)n(-c2ccc(C(=O)NC(C)(CN)C3CC3)cn2)n1.Cl.Cl. The van der Waals surface area contributed by atoms with E-state index in [1.807, 2.05) is 32.9 Å². The van der Waals surface area contributed by atoms with E-state index < -0.39 is 0 Å². The minimum Gasteiger partial charge on any atom is -0.345 e. The molecule has 138 valence electrons. The van der Waals surface area contributed by atoms with E-state index in [1.165, 1.54) is 0 Å². The summed E-state index contributed by atoms with van der Waals surface area (Å²) in [5, 5.41) is 7.47. The fourth-order valence-corrected chi connectivity index (χ4v) is 2.88. The molecule has 0 aromatic carbocycles. The third-order valence-corrected chi connectivity index (χ3v) is 4.54. The Hall–Kier alpha value is -1.63. The van der Waals surface area contributed by atoms with E-state index in [9.17, 15) is 4.79 Å². The summed E-state index contributed by atoms with van der Waals surface area (Å²) in [7, 11) is 0. The lowest BCUT2D eigenvalue weighted by atomic mass is 9.95. The molecular formula is C17H25Cl2N5O. The van der Waals surface area contributed by atoms with Gasteiger partial charge >= 0.3 is 0 Å². The Morgan fingerprint density at radius 3 is 2.48 bits per heavy atom. The average molecular weight is 386 g/mol. The standard InChI is InChI=1S/C17H23N5O.2ClH/c1-11-8-12(2)22(21-11)15-7-4-13(9-19-15)16(23)20-17(3,10-18)14-5-6-14;;/h4,7-9,14H,5-6,10,18H2,1-3H3,(H,20,23);2*1H. The number of carbonyl (C=O) groups excluding carboxylic acids is 1. The zero-order valence-electron chi connectivity index (χ0n) is 14.7. The Kier molecular flexibility index (Phi) is 6.99. The van der Waals surface area contributed by atoms with Gasteiger partial charge in [-0.15, -0.1) is 24.8 Å². The monoisotopic (exact) mass is 385 g/mol. The van der Waals surface area contributed by atoms with Crippen molar-refractivity contribution in [3.8, 4) is 5.82 Å². The quantitative estimate of drug-likeness (QED) is 0.827. The van der Waals surface area contributed by atoms with Gasteiger partial charge in [0.05, 0.1) is 16.8 Å². The zero-order valence-corrected chi connectivity index (χ0v) is 16.3. The summed E-state index contributed by atoms with van der Waals surface area (Å²) in [4.78, 5) is 16.8. The lowest BCUT2D eigenvalue weighted by molar-refractivity contribution is 0.0897. The van der Waals surface area contributed by atoms with Crippen molar-refractivity contribution in [2.24, 2.45) is 11.7 Å². The number of pyridine rings is 1. The van der Waals surface area contributed by atoms with E-state index in [2.05, 4.69) is 15.4 Å². The van der Waals surface area contributed by atoms with Crippen molar-refractivity contribution in [2.45, 2.75) is 39.2 Å². The van der Waals surface area contributed by atoms with Crippen LogP contribution < -0.4 is 11.1 Å². The molecule has 1 aliphatic rings. The molecule has 2 heterocycles. The molecule has 0 saturated heterocycles. The Morgan fingerprint density at radius 1 is 1.36 bits per heavy atom. The van der Waals surface area contributed by atoms with Crippen LogP contribution in [0.4, 0.5) is 0 Å². The highest BCUT2D eigenvalue weighted by molar-refractivity contribution is 5.94. The zero-order chi connectivity index (χ0) is 16.6. The molecule has 2 aromatic heterocycles. The normalized spacial score (nSPS) is 15.5. The number of rotatable bonds is 5. The molecule has 6 nitrogen and oxygen atoms in total. The van der Waals surface area contributed by atoms with Crippen LogP contribution in [0.3, 0.4) is 0 Å². The van der Waals surface area contributed by atoms with Crippen molar-refractivity contribution in [1.82, 2.24) is 20.1 Å². The third-order valence-electron chi connectivity index (χ3n) is 4.54. The largest absolute Gasteiger partial charge is 0.345 e. The van der Waals surface area contributed by atoms with Crippen LogP contribution in [0.5, 0.6) is 0 Å². The highest BCUT2D eigenvalue weighted by Crippen LogP contribution is 2.39. The first kappa shape index (κ1) is 21.4. The maximum Gasteiger partial charge on any atom is 0.253 e. The van der Waals surface area contributed by atoms with Gasteiger partial charge in [-0.2, -0.15) is 5.10 Å². The van der Waals surface area contributed by atoms with Crippen molar-refractivity contribution in [3.05, 3.63) is 41.3 Å². The van der Waals surface area contributed by atoms with Crippen molar-refractivity contribution in [3.63, 3.8) is 0 Å². The van der Waals surface area contributed by atoms with Crippen molar-refractivity contribution >= 4 is 30.7 Å². The minimum absolute atomic E-state index is 0. The Bertz CT molecular complexity index is 727. The minimum atomic E-state index is -0.328. The molecule has 0 radical (unpaired) electrons. The van der Waals surface area contributed by atoms with E-state index in [0.29, 0.717) is 23.8 Å². The molecule has 8 heteroatoms. The molecule has 1 fully saturated rings. The van der Waals surface area contributed by atoms with Crippen LogP contribution in [0.2, 0.25) is 0 Å². The van der Waals surface area contributed by atoms with E-state index in [1.54, 1.807) is 16.9 Å². The van der Waals surface area contributed by atoms with Crippen LogP contribution in [0.15, 0.2) is 24.4 Å². The summed E-state index contributed by atoms with van der Waals surface area (Å²) in [6.45, 7) is 6.38. The van der Waals surface area contributed by atoms with Gasteiger partial charge in [-0.05, 0) is 57.7 Å². The number of carbonyl (C=O) groups is 1. The smallest absolute Gasteiger partial charge is 0.253 e. The summed E-state index contributed by atoms with van der Waals surface area (Å²) >= 11 is 0. The summed E-state index contributed by atoms with van der Waals surface area (Å²) in [5.41, 5.74) is 8.01. The lowest BCUT2D eigenvalue weighted by Crippen LogP contribution is -2.53. The lowest BCUT2D eigenvalue weighted by Gasteiger charge is -2.29. The number of hydrogen-bond acceptors (Lipinski definition) is 4. The summed E-state index contributed by atoms with van der Waals surface area (Å²) in [6.07, 6.45) is 3.84. The second-order valence-electron chi connectivity index (χ2n) is 6.59. The van der Waals surface area contributed by atoms with Gasteiger partial charge in [-0.3, -0.25) is 4.79 Å². The number of halogens is 2. The van der Waals surface area contributed by atoms with Crippen LogP contribution in [0.1, 0.15) is 41.5 Å². The van der Waals surface area contributed by atoms with E-state index in [-0.39, 0.29) is 36.3 Å². The Balaban J connectivity index is 0.00000156. The van der Waals surface area contributed by atoms with Gasteiger partial charge in [-0.25, -0.2) is 9.67 Å². The van der Waals surface area contributed by atoms with Crippen LogP contribution in [0.25, 0.3) is 5.82 Å². The Labute approximate surface area is 160 Å². The molecule has 3 N–H and O–H groups in total. The predicted octanol–water partition coefficient (Wildman–Crippen LogP) is 2.58. The summed E-state index contributed by atoms with van der Waals surface area (Å²) < 4.78 is 1.77. The van der Waals surface area contributed by atoms with Crippen LogP contribution in [0, 0.1) is 19.8 Å². The molecule has 0 spiro atoms. The average Bonchev–Trinajstić information content (AvgIpc) is 3.33. The van der Waals surface area contributed by atoms with Gasteiger partial charge in [0.25, 0.3) is 5.91 Å². The molecule has 3 rings (SSSR count). The topological polar surface area (TPSA) is 85.8 Å². The van der Waals surface area contributed by atoms with Crippen molar-refractivity contribution in [2.75, 3.05) is 6.54 Å².